The van der Waals surface area contributed by atoms with Gasteiger partial charge in [-0.3, -0.25) is 0 Å². The largest absolute Gasteiger partial charge is 1.00 e. The Hall–Kier alpha value is 0.280. The first-order chi connectivity index (χ1) is 4.46. The van der Waals surface area contributed by atoms with Crippen molar-refractivity contribution < 1.29 is 89.1 Å². The summed E-state index contributed by atoms with van der Waals surface area (Å²) in [6.45, 7) is 0. The van der Waals surface area contributed by atoms with Gasteiger partial charge in [-0.15, -0.1) is 0 Å². The molecule has 12 heavy (non-hydrogen) atoms. The fourth-order valence-electron chi connectivity index (χ4n) is 0.193. The SMILES string of the molecule is O=C([O-])C(O)=C(O)C(=O)[O-].[Na+].[Na+]. The number of carbonyl (C=O) groups is 2. The number of rotatable bonds is 2. The third kappa shape index (κ3) is 5.87. The number of carbonyl (C=O) groups excluding carboxylic acids is 2. The second kappa shape index (κ2) is 7.90. The van der Waals surface area contributed by atoms with Crippen molar-refractivity contribution in [1.82, 2.24) is 0 Å². The smallest absolute Gasteiger partial charge is 0.541 e. The van der Waals surface area contributed by atoms with Crippen LogP contribution in [0.1, 0.15) is 0 Å². The van der Waals surface area contributed by atoms with E-state index in [1.165, 1.54) is 0 Å². The van der Waals surface area contributed by atoms with Crippen molar-refractivity contribution in [2.45, 2.75) is 0 Å². The van der Waals surface area contributed by atoms with E-state index < -0.39 is 23.5 Å². The zero-order valence-corrected chi connectivity index (χ0v) is 10.5. The number of aliphatic hydroxyl groups excluding tert-OH is 2. The first kappa shape index (κ1) is 18.1. The predicted molar refractivity (Wildman–Crippen MR) is 22.3 cm³/mol. The van der Waals surface area contributed by atoms with Gasteiger partial charge in [-0.05, 0) is 0 Å². The zero-order valence-electron chi connectivity index (χ0n) is 6.53. The van der Waals surface area contributed by atoms with Gasteiger partial charge in [-0.25, -0.2) is 0 Å². The minimum atomic E-state index is -2.18. The maximum absolute atomic E-state index is 9.58. The van der Waals surface area contributed by atoms with Crippen LogP contribution in [0, 0.1) is 0 Å². The van der Waals surface area contributed by atoms with E-state index in [4.69, 9.17) is 10.2 Å². The monoisotopic (exact) mass is 192 g/mol. The molecule has 0 amide bonds. The Morgan fingerprint density at radius 2 is 1.00 bits per heavy atom. The van der Waals surface area contributed by atoms with Gasteiger partial charge in [-0.1, -0.05) is 0 Å². The summed E-state index contributed by atoms with van der Waals surface area (Å²) < 4.78 is 0. The topological polar surface area (TPSA) is 121 Å². The number of hydrogen-bond acceptors (Lipinski definition) is 6. The molecule has 6 nitrogen and oxygen atoms in total. The molecule has 0 aromatic rings. The van der Waals surface area contributed by atoms with Gasteiger partial charge in [0.2, 0.25) is 0 Å². The fourth-order valence-corrected chi connectivity index (χ4v) is 0.193. The van der Waals surface area contributed by atoms with Gasteiger partial charge < -0.3 is 30.0 Å². The van der Waals surface area contributed by atoms with Crippen LogP contribution in [0.4, 0.5) is 0 Å². The molecule has 56 valence electrons. The Morgan fingerprint density at radius 3 is 1.08 bits per heavy atom. The molecule has 0 rings (SSSR count). The Bertz CT molecular complexity index is 188. The maximum Gasteiger partial charge on any atom is 1.00 e. The molecular formula is C4H2Na2O6. The minimum absolute atomic E-state index is 0. The summed E-state index contributed by atoms with van der Waals surface area (Å²) >= 11 is 0. The molecule has 0 aliphatic heterocycles. The van der Waals surface area contributed by atoms with Crippen molar-refractivity contribution >= 4 is 11.9 Å². The molecule has 0 aromatic heterocycles. The Balaban J connectivity index is -0.000000405. The van der Waals surface area contributed by atoms with Gasteiger partial charge in [0.1, 0.15) is 11.9 Å². The predicted octanol–water partition coefficient (Wildman–Crippen LogP) is -9.18. The third-order valence-electron chi connectivity index (χ3n) is 0.611. The first-order valence-corrected chi connectivity index (χ1v) is 2.01. The van der Waals surface area contributed by atoms with Crippen LogP contribution in [-0.4, -0.2) is 22.2 Å². The standard InChI is InChI=1S/C4H4O6.2Na/c5-1(3(7)8)2(6)4(9)10;;/h5-6H,(H,7,8)(H,9,10);;/q;2*+1/p-2. The number of aliphatic hydroxyl groups is 2. The molecule has 0 saturated carbocycles. The van der Waals surface area contributed by atoms with E-state index in [0.29, 0.717) is 0 Å². The molecule has 0 heterocycles. The molecule has 0 atom stereocenters. The Labute approximate surface area is 111 Å². The summed E-state index contributed by atoms with van der Waals surface area (Å²) in [6.07, 6.45) is 0. The van der Waals surface area contributed by atoms with Crippen molar-refractivity contribution in [2.24, 2.45) is 0 Å². The third-order valence-corrected chi connectivity index (χ3v) is 0.611. The molecule has 0 fully saturated rings. The fraction of sp³-hybridized carbons (Fsp3) is 0. The van der Waals surface area contributed by atoms with E-state index in [-0.39, 0.29) is 59.1 Å². The molecule has 0 saturated heterocycles. The van der Waals surface area contributed by atoms with Crippen molar-refractivity contribution in [1.29, 1.82) is 0 Å². The molecular weight excluding hydrogens is 190 g/mol. The van der Waals surface area contributed by atoms with E-state index >= 15 is 0 Å². The quantitative estimate of drug-likeness (QED) is 0.254. The summed E-state index contributed by atoms with van der Waals surface area (Å²) in [7, 11) is 0. The van der Waals surface area contributed by atoms with E-state index in [0.717, 1.165) is 0 Å². The van der Waals surface area contributed by atoms with E-state index in [1.807, 2.05) is 0 Å². The zero-order chi connectivity index (χ0) is 8.31. The number of carboxylic acids is 2. The Kier molecular flexibility index (Phi) is 12.0. The van der Waals surface area contributed by atoms with Gasteiger partial charge in [0.05, 0.1) is 0 Å². The molecule has 2 N–H and O–H groups in total. The minimum Gasteiger partial charge on any atom is -0.541 e. The van der Waals surface area contributed by atoms with Gasteiger partial charge in [0, 0.05) is 0 Å². The van der Waals surface area contributed by atoms with Gasteiger partial charge in [-0.2, -0.15) is 0 Å². The van der Waals surface area contributed by atoms with Crippen molar-refractivity contribution in [2.75, 3.05) is 0 Å². The average molecular weight is 192 g/mol. The molecule has 0 bridgehead atoms. The Morgan fingerprint density at radius 1 is 0.833 bits per heavy atom. The second-order valence-corrected chi connectivity index (χ2v) is 1.27. The number of aliphatic carboxylic acids is 2. The van der Waals surface area contributed by atoms with Crippen LogP contribution >= 0.6 is 0 Å². The molecule has 0 unspecified atom stereocenters. The molecule has 0 radical (unpaired) electrons. The van der Waals surface area contributed by atoms with Crippen LogP contribution in [0.25, 0.3) is 0 Å². The van der Waals surface area contributed by atoms with Crippen LogP contribution in [-0.2, 0) is 9.59 Å². The normalized spacial score (nSPS) is 10.0. The van der Waals surface area contributed by atoms with Gasteiger partial charge in [0.15, 0.2) is 11.5 Å². The van der Waals surface area contributed by atoms with Gasteiger partial charge >= 0.3 is 59.1 Å². The summed E-state index contributed by atoms with van der Waals surface area (Å²) in [5, 5.41) is 35.4. The summed E-state index contributed by atoms with van der Waals surface area (Å²) in [5.41, 5.74) is 0. The summed E-state index contributed by atoms with van der Waals surface area (Å²) in [5.74, 6) is -7.86. The maximum atomic E-state index is 9.58. The van der Waals surface area contributed by atoms with E-state index in [9.17, 15) is 19.8 Å². The van der Waals surface area contributed by atoms with Crippen LogP contribution in [0.15, 0.2) is 11.5 Å². The second-order valence-electron chi connectivity index (χ2n) is 1.27. The van der Waals surface area contributed by atoms with Crippen LogP contribution < -0.4 is 69.3 Å². The number of hydrogen-bond donors (Lipinski definition) is 2. The molecule has 0 aliphatic rings. The van der Waals surface area contributed by atoms with E-state index in [2.05, 4.69) is 0 Å². The molecule has 0 spiro atoms. The summed E-state index contributed by atoms with van der Waals surface area (Å²) in [4.78, 5) is 19.2. The molecule has 0 aromatic carbocycles. The van der Waals surface area contributed by atoms with Crippen LogP contribution in [0.2, 0.25) is 0 Å². The average Bonchev–Trinajstić information content (AvgIpc) is 1.84. The van der Waals surface area contributed by atoms with Crippen molar-refractivity contribution in [3.05, 3.63) is 11.5 Å². The molecule has 0 aliphatic carbocycles. The van der Waals surface area contributed by atoms with Gasteiger partial charge in [0.25, 0.3) is 0 Å². The summed E-state index contributed by atoms with van der Waals surface area (Å²) in [6, 6.07) is 0. The van der Waals surface area contributed by atoms with Crippen LogP contribution in [0.3, 0.4) is 0 Å². The first-order valence-electron chi connectivity index (χ1n) is 2.01. The van der Waals surface area contributed by atoms with E-state index in [1.54, 1.807) is 0 Å². The van der Waals surface area contributed by atoms with Crippen molar-refractivity contribution in [3.63, 3.8) is 0 Å². The molecule has 8 heteroatoms. The van der Waals surface area contributed by atoms with Crippen molar-refractivity contribution in [3.8, 4) is 0 Å². The van der Waals surface area contributed by atoms with Crippen LogP contribution in [0.5, 0.6) is 0 Å². The number of carboxylic acid groups (broad SMARTS) is 2.